The largest absolute Gasteiger partial charge is 0.464 e. The van der Waals surface area contributed by atoms with Gasteiger partial charge in [-0.3, -0.25) is 0 Å². The third kappa shape index (κ3) is 2.28. The van der Waals surface area contributed by atoms with Crippen molar-refractivity contribution < 1.29 is 9.53 Å². The molecule has 0 heterocycles. The number of ether oxygens (including phenoxy) is 1. The molecule has 0 rings (SSSR count). The quantitative estimate of drug-likeness (QED) is 0.378. The summed E-state index contributed by atoms with van der Waals surface area (Å²) in [5, 5.41) is 0. The molecule has 0 radical (unpaired) electrons. The lowest BCUT2D eigenvalue weighted by Crippen LogP contribution is -2.08. The second-order valence-electron chi connectivity index (χ2n) is 0.983. The molecular formula is C4H6O2S2. The van der Waals surface area contributed by atoms with E-state index in [0.29, 0.717) is 0 Å². The van der Waals surface area contributed by atoms with Crippen molar-refractivity contribution in [2.75, 3.05) is 13.4 Å². The van der Waals surface area contributed by atoms with Crippen LogP contribution in [0.15, 0.2) is 0 Å². The predicted molar refractivity (Wildman–Crippen MR) is 38.1 cm³/mol. The van der Waals surface area contributed by atoms with Gasteiger partial charge in [-0.25, -0.2) is 4.79 Å². The number of thioether (sulfide) groups is 1. The zero-order chi connectivity index (χ0) is 6.57. The molecule has 0 spiro atoms. The van der Waals surface area contributed by atoms with Crippen LogP contribution in [-0.4, -0.2) is 23.5 Å². The average molecular weight is 150 g/mol. The number of thiocarbonyl (C=S) groups is 1. The van der Waals surface area contributed by atoms with Gasteiger partial charge in [0.25, 0.3) is 0 Å². The highest BCUT2D eigenvalue weighted by Gasteiger charge is 2.04. The van der Waals surface area contributed by atoms with Gasteiger partial charge in [0.15, 0.2) is 4.20 Å². The first-order chi connectivity index (χ1) is 3.72. The monoisotopic (exact) mass is 150 g/mol. The Morgan fingerprint density at radius 1 is 1.75 bits per heavy atom. The van der Waals surface area contributed by atoms with E-state index in [1.807, 2.05) is 0 Å². The van der Waals surface area contributed by atoms with E-state index in [4.69, 9.17) is 0 Å². The van der Waals surface area contributed by atoms with Crippen LogP contribution >= 0.6 is 24.0 Å². The number of rotatable bonds is 0. The summed E-state index contributed by atoms with van der Waals surface area (Å²) in [6.07, 6.45) is 1.74. The molecule has 0 aliphatic rings. The van der Waals surface area contributed by atoms with Crippen LogP contribution in [0.2, 0.25) is 0 Å². The predicted octanol–water partition coefficient (Wildman–Crippen LogP) is 0.850. The zero-order valence-corrected chi connectivity index (χ0v) is 6.27. The molecule has 0 aromatic carbocycles. The summed E-state index contributed by atoms with van der Waals surface area (Å²) in [6, 6.07) is 0. The summed E-state index contributed by atoms with van der Waals surface area (Å²) in [5.74, 6) is -0.424. The van der Waals surface area contributed by atoms with E-state index in [-0.39, 0.29) is 4.20 Å². The van der Waals surface area contributed by atoms with Gasteiger partial charge in [-0.15, -0.1) is 11.8 Å². The van der Waals surface area contributed by atoms with Crippen LogP contribution in [0.25, 0.3) is 0 Å². The maximum Gasteiger partial charge on any atom is 0.355 e. The maximum atomic E-state index is 10.4. The molecule has 0 aromatic rings. The number of carbonyl (C=O) groups excluding carboxylic acids is 1. The fraction of sp³-hybridized carbons (Fsp3) is 0.500. The highest BCUT2D eigenvalue weighted by molar-refractivity contribution is 8.24. The standard InChI is InChI=1S/C4H6O2S2/c1-6-3(5)4(7)8-2/h1-2H3. The Balaban J connectivity index is 3.64. The van der Waals surface area contributed by atoms with Crippen LogP contribution in [0.5, 0.6) is 0 Å². The summed E-state index contributed by atoms with van der Waals surface area (Å²) in [4.78, 5) is 10.4. The lowest BCUT2D eigenvalue weighted by Gasteiger charge is -1.93. The highest BCUT2D eigenvalue weighted by atomic mass is 32.2. The fourth-order valence-corrected chi connectivity index (χ4v) is 0.500. The van der Waals surface area contributed by atoms with Crippen LogP contribution in [0.4, 0.5) is 0 Å². The number of hydrogen-bond acceptors (Lipinski definition) is 4. The topological polar surface area (TPSA) is 26.3 Å². The molecule has 2 nitrogen and oxygen atoms in total. The van der Waals surface area contributed by atoms with Crippen LogP contribution in [-0.2, 0) is 9.53 Å². The molecule has 0 atom stereocenters. The van der Waals surface area contributed by atoms with Crippen molar-refractivity contribution in [1.82, 2.24) is 0 Å². The van der Waals surface area contributed by atoms with E-state index in [1.165, 1.54) is 18.9 Å². The Labute approximate surface area is 57.6 Å². The molecule has 0 saturated heterocycles. The van der Waals surface area contributed by atoms with Gasteiger partial charge in [-0.05, 0) is 6.26 Å². The molecule has 0 amide bonds. The van der Waals surface area contributed by atoms with Crippen LogP contribution in [0.1, 0.15) is 0 Å². The van der Waals surface area contributed by atoms with Gasteiger partial charge in [-0.2, -0.15) is 0 Å². The van der Waals surface area contributed by atoms with E-state index in [1.54, 1.807) is 6.26 Å². The van der Waals surface area contributed by atoms with Crippen LogP contribution in [0.3, 0.4) is 0 Å². The molecular weight excluding hydrogens is 144 g/mol. The van der Waals surface area contributed by atoms with Gasteiger partial charge >= 0.3 is 5.97 Å². The number of esters is 1. The van der Waals surface area contributed by atoms with Crippen molar-refractivity contribution in [2.24, 2.45) is 0 Å². The van der Waals surface area contributed by atoms with Crippen molar-refractivity contribution >= 4 is 34.1 Å². The molecule has 0 bridgehead atoms. The lowest BCUT2D eigenvalue weighted by molar-refractivity contribution is -0.132. The first-order valence-corrected chi connectivity index (χ1v) is 3.52. The third-order valence-electron chi connectivity index (χ3n) is 0.537. The maximum absolute atomic E-state index is 10.4. The van der Waals surface area contributed by atoms with Crippen molar-refractivity contribution in [3.05, 3.63) is 0 Å². The van der Waals surface area contributed by atoms with E-state index < -0.39 is 5.97 Å². The molecule has 0 aliphatic heterocycles. The summed E-state index contributed by atoms with van der Waals surface area (Å²) in [6.45, 7) is 0. The molecule has 4 heteroatoms. The van der Waals surface area contributed by atoms with E-state index in [0.717, 1.165) is 0 Å². The van der Waals surface area contributed by atoms with E-state index in [2.05, 4.69) is 17.0 Å². The summed E-state index contributed by atoms with van der Waals surface area (Å²) in [7, 11) is 1.31. The minimum Gasteiger partial charge on any atom is -0.464 e. The van der Waals surface area contributed by atoms with Gasteiger partial charge in [0, 0.05) is 0 Å². The van der Waals surface area contributed by atoms with E-state index in [9.17, 15) is 4.79 Å². The molecule has 0 N–H and O–H groups in total. The van der Waals surface area contributed by atoms with Gasteiger partial charge in [0.05, 0.1) is 7.11 Å². The molecule has 8 heavy (non-hydrogen) atoms. The lowest BCUT2D eigenvalue weighted by atomic mass is 10.8. The van der Waals surface area contributed by atoms with E-state index >= 15 is 0 Å². The second kappa shape index (κ2) is 3.86. The zero-order valence-electron chi connectivity index (χ0n) is 4.63. The second-order valence-corrected chi connectivity index (χ2v) is 2.47. The molecule has 0 saturated carbocycles. The van der Waals surface area contributed by atoms with Gasteiger partial charge < -0.3 is 4.74 Å². The summed E-state index contributed by atoms with van der Waals surface area (Å²) in [5.41, 5.74) is 0. The van der Waals surface area contributed by atoms with Crippen LogP contribution < -0.4 is 0 Å². The van der Waals surface area contributed by atoms with Crippen molar-refractivity contribution in [1.29, 1.82) is 0 Å². The Bertz CT molecular complexity index is 96.6. The first kappa shape index (κ1) is 7.91. The number of carbonyl (C=O) groups is 1. The first-order valence-electron chi connectivity index (χ1n) is 1.88. The van der Waals surface area contributed by atoms with Gasteiger partial charge in [-0.1, -0.05) is 12.2 Å². The minimum atomic E-state index is -0.424. The minimum absolute atomic E-state index is 0.271. The summed E-state index contributed by atoms with van der Waals surface area (Å²) < 4.78 is 4.57. The Morgan fingerprint density at radius 2 is 2.25 bits per heavy atom. The van der Waals surface area contributed by atoms with Crippen LogP contribution in [0, 0.1) is 0 Å². The van der Waals surface area contributed by atoms with Crippen molar-refractivity contribution in [2.45, 2.75) is 0 Å². The third-order valence-corrected chi connectivity index (χ3v) is 1.74. The van der Waals surface area contributed by atoms with Gasteiger partial charge in [0.2, 0.25) is 0 Å². The van der Waals surface area contributed by atoms with Crippen molar-refractivity contribution in [3.8, 4) is 0 Å². The molecule has 0 aliphatic carbocycles. The normalized spacial score (nSPS) is 8.25. The Kier molecular flexibility index (Phi) is 3.81. The number of hydrogen-bond donors (Lipinski definition) is 0. The SMILES string of the molecule is COC(=O)C(=S)SC. The summed E-state index contributed by atoms with van der Waals surface area (Å²) >= 11 is 5.78. The molecule has 0 fully saturated rings. The molecule has 0 unspecified atom stereocenters. The molecule has 46 valence electrons. The van der Waals surface area contributed by atoms with Gasteiger partial charge in [0.1, 0.15) is 0 Å². The smallest absolute Gasteiger partial charge is 0.355 e. The van der Waals surface area contributed by atoms with Crippen molar-refractivity contribution in [3.63, 3.8) is 0 Å². The molecule has 0 aromatic heterocycles. The fourth-order valence-electron chi connectivity index (χ4n) is 0.167. The Morgan fingerprint density at radius 3 is 2.38 bits per heavy atom. The number of methoxy groups -OCH3 is 1. The highest BCUT2D eigenvalue weighted by Crippen LogP contribution is 1.98. The Hall–Kier alpha value is -0.0900. The average Bonchev–Trinajstić information content (AvgIpc) is 1.84.